The van der Waals surface area contributed by atoms with E-state index < -0.39 is 0 Å². The Kier molecular flexibility index (Phi) is 6.40. The number of unbranched alkanes of at least 4 members (excludes halogenated alkanes) is 2. The van der Waals surface area contributed by atoms with Gasteiger partial charge in [-0.15, -0.1) is 0 Å². The van der Waals surface area contributed by atoms with E-state index >= 15 is 0 Å². The van der Waals surface area contributed by atoms with Crippen molar-refractivity contribution in [2.45, 2.75) is 84.0 Å². The van der Waals surface area contributed by atoms with Crippen LogP contribution in [0.1, 0.15) is 84.0 Å². The first-order chi connectivity index (χ1) is 9.33. The monoisotopic (exact) mass is 264 g/mol. The Hall–Kier alpha value is -0.330. The van der Waals surface area contributed by atoms with Crippen molar-refractivity contribution in [3.05, 3.63) is 0 Å². The molecule has 0 atom stereocenters. The van der Waals surface area contributed by atoms with E-state index in [4.69, 9.17) is 0 Å². The number of aldehydes is 1. The zero-order chi connectivity index (χ0) is 13.5. The summed E-state index contributed by atoms with van der Waals surface area (Å²) in [4.78, 5) is 10.8. The van der Waals surface area contributed by atoms with Crippen LogP contribution < -0.4 is 0 Å². The predicted octanol–water partition coefficient (Wildman–Crippen LogP) is 5.38. The van der Waals surface area contributed by atoms with E-state index in [1.54, 1.807) is 0 Å². The molecule has 0 saturated heterocycles. The van der Waals surface area contributed by atoms with Gasteiger partial charge in [0.1, 0.15) is 6.29 Å². The average molecular weight is 264 g/mol. The highest BCUT2D eigenvalue weighted by Gasteiger charge is 2.30. The summed E-state index contributed by atoms with van der Waals surface area (Å²) in [5.41, 5.74) is 0. The highest BCUT2D eigenvalue weighted by atomic mass is 16.1. The van der Waals surface area contributed by atoms with E-state index in [0.717, 1.165) is 17.8 Å². The minimum Gasteiger partial charge on any atom is -0.303 e. The fourth-order valence-electron chi connectivity index (χ4n) is 4.38. The largest absolute Gasteiger partial charge is 0.303 e. The summed E-state index contributed by atoms with van der Waals surface area (Å²) < 4.78 is 0. The third-order valence-corrected chi connectivity index (χ3v) is 5.78. The lowest BCUT2D eigenvalue weighted by atomic mass is 9.69. The molecule has 2 aliphatic rings. The molecule has 0 amide bonds. The maximum Gasteiger partial charge on any atom is 0.123 e. The molecule has 2 aliphatic carbocycles. The number of hydrogen-bond acceptors (Lipinski definition) is 1. The van der Waals surface area contributed by atoms with E-state index in [0.29, 0.717) is 5.92 Å². The van der Waals surface area contributed by atoms with E-state index in [1.165, 1.54) is 83.3 Å². The van der Waals surface area contributed by atoms with E-state index in [9.17, 15) is 4.79 Å². The third-order valence-electron chi connectivity index (χ3n) is 5.78. The predicted molar refractivity (Wildman–Crippen MR) is 81.1 cm³/mol. The molecule has 0 radical (unpaired) electrons. The maximum atomic E-state index is 10.8. The van der Waals surface area contributed by atoms with Crippen molar-refractivity contribution in [1.82, 2.24) is 0 Å². The molecule has 19 heavy (non-hydrogen) atoms. The Morgan fingerprint density at radius 3 is 1.95 bits per heavy atom. The van der Waals surface area contributed by atoms with Gasteiger partial charge in [0.2, 0.25) is 0 Å². The lowest BCUT2D eigenvalue weighted by Crippen LogP contribution is -2.26. The van der Waals surface area contributed by atoms with Crippen LogP contribution in [-0.2, 0) is 4.79 Å². The summed E-state index contributed by atoms with van der Waals surface area (Å²) >= 11 is 0. The minimum atomic E-state index is 0.390. The highest BCUT2D eigenvalue weighted by molar-refractivity contribution is 5.53. The van der Waals surface area contributed by atoms with Gasteiger partial charge in [-0.1, -0.05) is 45.4 Å². The van der Waals surface area contributed by atoms with Gasteiger partial charge in [0.05, 0.1) is 0 Å². The fraction of sp³-hybridized carbons (Fsp3) is 0.944. The highest BCUT2D eigenvalue weighted by Crippen LogP contribution is 2.41. The van der Waals surface area contributed by atoms with Crippen molar-refractivity contribution in [2.75, 3.05) is 0 Å². The first-order valence-corrected chi connectivity index (χ1v) is 8.78. The lowest BCUT2D eigenvalue weighted by Gasteiger charge is -2.37. The van der Waals surface area contributed by atoms with Crippen molar-refractivity contribution in [3.63, 3.8) is 0 Å². The molecule has 0 heterocycles. The summed E-state index contributed by atoms with van der Waals surface area (Å²) in [5.74, 6) is 3.37. The maximum absolute atomic E-state index is 10.8. The van der Waals surface area contributed by atoms with Gasteiger partial charge in [-0.05, 0) is 56.3 Å². The Balaban J connectivity index is 1.64. The number of hydrogen-bond donors (Lipinski definition) is 0. The van der Waals surface area contributed by atoms with Crippen molar-refractivity contribution >= 4 is 6.29 Å². The van der Waals surface area contributed by atoms with Crippen LogP contribution in [0.3, 0.4) is 0 Å². The second kappa shape index (κ2) is 8.07. The molecule has 0 aromatic heterocycles. The van der Waals surface area contributed by atoms with Gasteiger partial charge < -0.3 is 4.79 Å². The molecule has 0 aliphatic heterocycles. The molecule has 0 bridgehead atoms. The number of carbonyl (C=O) groups excluding carboxylic acids is 1. The van der Waals surface area contributed by atoms with E-state index in [-0.39, 0.29) is 0 Å². The quantitative estimate of drug-likeness (QED) is 0.465. The molecule has 1 nitrogen and oxygen atoms in total. The standard InChI is InChI=1S/C18H32O/c1-2-3-4-5-15-6-10-17(11-7-15)18-12-8-16(14-19)9-13-18/h14-18H,2-13H2,1H3/t15-,16-,17-,18-. The lowest BCUT2D eigenvalue weighted by molar-refractivity contribution is -0.112. The van der Waals surface area contributed by atoms with Crippen molar-refractivity contribution in [3.8, 4) is 0 Å². The van der Waals surface area contributed by atoms with E-state index in [1.807, 2.05) is 0 Å². The molecule has 0 aromatic carbocycles. The van der Waals surface area contributed by atoms with Gasteiger partial charge in [-0.25, -0.2) is 0 Å². The molecule has 2 saturated carbocycles. The normalized spacial score (nSPS) is 36.1. The van der Waals surface area contributed by atoms with Crippen LogP contribution in [0.25, 0.3) is 0 Å². The molecule has 0 spiro atoms. The molecular weight excluding hydrogens is 232 g/mol. The van der Waals surface area contributed by atoms with Gasteiger partial charge >= 0.3 is 0 Å². The van der Waals surface area contributed by atoms with Crippen LogP contribution in [-0.4, -0.2) is 6.29 Å². The van der Waals surface area contributed by atoms with Gasteiger partial charge in [0.25, 0.3) is 0 Å². The van der Waals surface area contributed by atoms with Crippen LogP contribution in [0.5, 0.6) is 0 Å². The Morgan fingerprint density at radius 2 is 1.42 bits per heavy atom. The number of carbonyl (C=O) groups is 1. The molecule has 0 N–H and O–H groups in total. The van der Waals surface area contributed by atoms with Crippen LogP contribution >= 0.6 is 0 Å². The zero-order valence-electron chi connectivity index (χ0n) is 12.8. The average Bonchev–Trinajstić information content (AvgIpc) is 2.48. The second-order valence-corrected chi connectivity index (χ2v) is 7.09. The van der Waals surface area contributed by atoms with Gasteiger partial charge in [-0.3, -0.25) is 0 Å². The van der Waals surface area contributed by atoms with Crippen LogP contribution in [0.4, 0.5) is 0 Å². The molecule has 1 heteroatoms. The molecule has 0 unspecified atom stereocenters. The topological polar surface area (TPSA) is 17.1 Å². The van der Waals surface area contributed by atoms with Crippen LogP contribution in [0.2, 0.25) is 0 Å². The number of rotatable bonds is 6. The third kappa shape index (κ3) is 4.61. The van der Waals surface area contributed by atoms with Gasteiger partial charge in [0.15, 0.2) is 0 Å². The van der Waals surface area contributed by atoms with Crippen LogP contribution in [0, 0.1) is 23.7 Å². The van der Waals surface area contributed by atoms with Gasteiger partial charge in [-0.2, -0.15) is 0 Å². The zero-order valence-corrected chi connectivity index (χ0v) is 12.8. The first kappa shape index (κ1) is 15.1. The summed E-state index contributed by atoms with van der Waals surface area (Å²) in [6.07, 6.45) is 17.9. The van der Waals surface area contributed by atoms with Gasteiger partial charge in [0, 0.05) is 5.92 Å². The minimum absolute atomic E-state index is 0.390. The first-order valence-electron chi connectivity index (χ1n) is 8.78. The summed E-state index contributed by atoms with van der Waals surface area (Å²) in [6.45, 7) is 2.30. The van der Waals surface area contributed by atoms with Crippen molar-refractivity contribution in [1.29, 1.82) is 0 Å². The molecular formula is C18H32O. The summed E-state index contributed by atoms with van der Waals surface area (Å²) in [7, 11) is 0. The molecule has 2 rings (SSSR count). The van der Waals surface area contributed by atoms with Crippen molar-refractivity contribution < 1.29 is 4.79 Å². The fourth-order valence-corrected chi connectivity index (χ4v) is 4.38. The Bertz CT molecular complexity index is 244. The van der Waals surface area contributed by atoms with Crippen molar-refractivity contribution in [2.24, 2.45) is 23.7 Å². The summed E-state index contributed by atoms with van der Waals surface area (Å²) in [6, 6.07) is 0. The molecule has 0 aromatic rings. The summed E-state index contributed by atoms with van der Waals surface area (Å²) in [5, 5.41) is 0. The molecule has 110 valence electrons. The Morgan fingerprint density at radius 1 is 0.842 bits per heavy atom. The molecule has 2 fully saturated rings. The smallest absolute Gasteiger partial charge is 0.123 e. The van der Waals surface area contributed by atoms with E-state index in [2.05, 4.69) is 6.92 Å². The second-order valence-electron chi connectivity index (χ2n) is 7.09. The van der Waals surface area contributed by atoms with Crippen LogP contribution in [0.15, 0.2) is 0 Å². The Labute approximate surface area is 119 Å². The SMILES string of the molecule is CCCCC[C@H]1CC[C@H]([C@H]2CC[C@H](C=O)CC2)CC1.